The lowest BCUT2D eigenvalue weighted by Gasteiger charge is -2.24. The summed E-state index contributed by atoms with van der Waals surface area (Å²) in [7, 11) is 1.48. The van der Waals surface area contributed by atoms with Crippen molar-refractivity contribution in [2.75, 3.05) is 25.6 Å². The fraction of sp³-hybridized carbons (Fsp3) is 0.263. The number of methoxy groups -OCH3 is 1. The summed E-state index contributed by atoms with van der Waals surface area (Å²) >= 11 is 11.9. The summed E-state index contributed by atoms with van der Waals surface area (Å²) in [5, 5.41) is 3.62. The number of anilines is 1. The largest absolute Gasteiger partial charge is 0.495 e. The van der Waals surface area contributed by atoms with Crippen molar-refractivity contribution >= 4 is 40.8 Å². The van der Waals surface area contributed by atoms with E-state index in [2.05, 4.69) is 5.32 Å². The van der Waals surface area contributed by atoms with Crippen LogP contribution in [-0.4, -0.2) is 32.2 Å². The molecule has 1 heterocycles. The van der Waals surface area contributed by atoms with Crippen LogP contribution in [0.4, 0.5) is 5.69 Å². The first kappa shape index (κ1) is 19.3. The molecular weight excluding hydrogens is 393 g/mol. The topological polar surface area (TPSA) is 73.9 Å². The molecular formula is C19H17Cl2NO5. The Morgan fingerprint density at radius 1 is 1.19 bits per heavy atom. The standard InChI is InChI=1S/C19H17Cl2NO5/c1-25-17-5-3-14(21)8-15(17)22-18(23)10-27-19(24)12-6-11-7-13(20)2-4-16(11)26-9-12/h2-5,7-8,12H,6,9-10H2,1H3,(H,22,23). The third kappa shape index (κ3) is 4.84. The molecule has 1 atom stereocenters. The molecule has 0 fully saturated rings. The molecule has 1 unspecified atom stereocenters. The van der Waals surface area contributed by atoms with Gasteiger partial charge in [0.1, 0.15) is 18.1 Å². The number of hydrogen-bond acceptors (Lipinski definition) is 5. The van der Waals surface area contributed by atoms with E-state index in [1.807, 2.05) is 0 Å². The molecule has 1 aliphatic rings. The zero-order valence-corrected chi connectivity index (χ0v) is 16.0. The fourth-order valence-electron chi connectivity index (χ4n) is 2.73. The predicted molar refractivity (Wildman–Crippen MR) is 102 cm³/mol. The van der Waals surface area contributed by atoms with E-state index in [9.17, 15) is 9.59 Å². The molecule has 142 valence electrons. The minimum Gasteiger partial charge on any atom is -0.495 e. The predicted octanol–water partition coefficient (Wildman–Crippen LogP) is 3.74. The van der Waals surface area contributed by atoms with Crippen molar-refractivity contribution in [2.45, 2.75) is 6.42 Å². The third-order valence-electron chi connectivity index (χ3n) is 4.04. The Balaban J connectivity index is 1.55. The number of esters is 1. The first-order valence-electron chi connectivity index (χ1n) is 8.17. The molecule has 0 aromatic heterocycles. The Morgan fingerprint density at radius 2 is 1.93 bits per heavy atom. The molecule has 0 spiro atoms. The van der Waals surface area contributed by atoms with Crippen LogP contribution < -0.4 is 14.8 Å². The Bertz CT molecular complexity index is 871. The van der Waals surface area contributed by atoms with Gasteiger partial charge in [0.2, 0.25) is 0 Å². The van der Waals surface area contributed by atoms with Crippen LogP contribution in [-0.2, 0) is 20.7 Å². The number of rotatable bonds is 5. The van der Waals surface area contributed by atoms with Gasteiger partial charge in [0.15, 0.2) is 6.61 Å². The van der Waals surface area contributed by atoms with E-state index in [4.69, 9.17) is 37.4 Å². The van der Waals surface area contributed by atoms with E-state index in [0.717, 1.165) is 5.56 Å². The first-order chi connectivity index (χ1) is 13.0. The molecule has 3 rings (SSSR count). The zero-order chi connectivity index (χ0) is 19.4. The van der Waals surface area contributed by atoms with Crippen molar-refractivity contribution in [3.8, 4) is 11.5 Å². The second-order valence-electron chi connectivity index (χ2n) is 5.96. The lowest BCUT2D eigenvalue weighted by Crippen LogP contribution is -2.32. The first-order valence-corrected chi connectivity index (χ1v) is 8.93. The van der Waals surface area contributed by atoms with Crippen molar-refractivity contribution < 1.29 is 23.8 Å². The summed E-state index contributed by atoms with van der Waals surface area (Å²) in [6, 6.07) is 10.1. The number of amides is 1. The molecule has 0 saturated carbocycles. The molecule has 0 saturated heterocycles. The number of carbonyl (C=O) groups excluding carboxylic acids is 2. The van der Waals surface area contributed by atoms with Gasteiger partial charge in [-0.25, -0.2) is 0 Å². The van der Waals surface area contributed by atoms with Crippen molar-refractivity contribution in [1.29, 1.82) is 0 Å². The van der Waals surface area contributed by atoms with Crippen LogP contribution in [0.2, 0.25) is 10.0 Å². The number of hydrogen-bond donors (Lipinski definition) is 1. The van der Waals surface area contributed by atoms with Crippen LogP contribution in [0.5, 0.6) is 11.5 Å². The van der Waals surface area contributed by atoms with Crippen LogP contribution in [0, 0.1) is 5.92 Å². The zero-order valence-electron chi connectivity index (χ0n) is 14.5. The highest BCUT2D eigenvalue weighted by Gasteiger charge is 2.28. The van der Waals surface area contributed by atoms with Crippen LogP contribution in [0.15, 0.2) is 36.4 Å². The van der Waals surface area contributed by atoms with Crippen molar-refractivity contribution in [2.24, 2.45) is 5.92 Å². The van der Waals surface area contributed by atoms with Gasteiger partial charge in [-0.3, -0.25) is 9.59 Å². The van der Waals surface area contributed by atoms with Gasteiger partial charge in [0.25, 0.3) is 5.91 Å². The smallest absolute Gasteiger partial charge is 0.313 e. The monoisotopic (exact) mass is 409 g/mol. The van der Waals surface area contributed by atoms with Crippen LogP contribution in [0.25, 0.3) is 0 Å². The molecule has 0 bridgehead atoms. The minimum absolute atomic E-state index is 0.192. The quantitative estimate of drug-likeness (QED) is 0.761. The number of fused-ring (bicyclic) bond motifs is 1. The van der Waals surface area contributed by atoms with Gasteiger partial charge in [-0.1, -0.05) is 23.2 Å². The summed E-state index contributed by atoms with van der Waals surface area (Å²) < 4.78 is 15.9. The maximum absolute atomic E-state index is 12.3. The minimum atomic E-state index is -0.506. The molecule has 1 N–H and O–H groups in total. The Kier molecular flexibility index (Phi) is 6.08. The lowest BCUT2D eigenvalue weighted by atomic mass is 9.97. The number of carbonyl (C=O) groups is 2. The van der Waals surface area contributed by atoms with Crippen molar-refractivity contribution in [3.05, 3.63) is 52.0 Å². The van der Waals surface area contributed by atoms with Crippen LogP contribution >= 0.6 is 23.2 Å². The van der Waals surface area contributed by atoms with Gasteiger partial charge in [0.05, 0.1) is 18.7 Å². The van der Waals surface area contributed by atoms with Crippen LogP contribution in [0.1, 0.15) is 5.56 Å². The SMILES string of the molecule is COc1ccc(Cl)cc1NC(=O)COC(=O)C1COc2ccc(Cl)cc2C1. The van der Waals surface area contributed by atoms with Gasteiger partial charge >= 0.3 is 5.97 Å². The number of halogens is 2. The Labute approximate surface area is 166 Å². The summed E-state index contributed by atoms with van der Waals surface area (Å²) in [6.07, 6.45) is 0.443. The average molecular weight is 410 g/mol. The van der Waals surface area contributed by atoms with Crippen molar-refractivity contribution in [1.82, 2.24) is 0 Å². The maximum atomic E-state index is 12.3. The maximum Gasteiger partial charge on any atom is 0.313 e. The van der Waals surface area contributed by atoms with E-state index in [1.54, 1.807) is 36.4 Å². The molecule has 8 heteroatoms. The summed E-state index contributed by atoms with van der Waals surface area (Å²) in [4.78, 5) is 24.4. The van der Waals surface area contributed by atoms with E-state index in [1.165, 1.54) is 7.11 Å². The Hall–Kier alpha value is -2.44. The molecule has 2 aromatic rings. The molecule has 27 heavy (non-hydrogen) atoms. The fourth-order valence-corrected chi connectivity index (χ4v) is 3.10. The van der Waals surface area contributed by atoms with E-state index >= 15 is 0 Å². The number of nitrogens with one attached hydrogen (secondary N) is 1. The van der Waals surface area contributed by atoms with Gasteiger partial charge < -0.3 is 19.5 Å². The molecule has 1 aliphatic heterocycles. The Morgan fingerprint density at radius 3 is 2.70 bits per heavy atom. The molecule has 2 aromatic carbocycles. The summed E-state index contributed by atoms with van der Waals surface area (Å²) in [5.41, 5.74) is 1.24. The molecule has 1 amide bonds. The molecule has 0 aliphatic carbocycles. The second-order valence-corrected chi connectivity index (χ2v) is 6.84. The van der Waals surface area contributed by atoms with E-state index < -0.39 is 24.4 Å². The number of benzene rings is 2. The third-order valence-corrected chi connectivity index (χ3v) is 4.51. The normalized spacial score (nSPS) is 15.3. The molecule has 0 radical (unpaired) electrons. The highest BCUT2D eigenvalue weighted by atomic mass is 35.5. The van der Waals surface area contributed by atoms with Gasteiger partial charge in [0, 0.05) is 10.0 Å². The van der Waals surface area contributed by atoms with Gasteiger partial charge in [-0.2, -0.15) is 0 Å². The number of ether oxygens (including phenoxy) is 3. The average Bonchev–Trinajstić information content (AvgIpc) is 2.65. The lowest BCUT2D eigenvalue weighted by molar-refractivity contribution is -0.152. The van der Waals surface area contributed by atoms with Crippen LogP contribution in [0.3, 0.4) is 0 Å². The summed E-state index contributed by atoms with van der Waals surface area (Å²) in [5.74, 6) is -0.343. The second kappa shape index (κ2) is 8.50. The molecule has 6 nitrogen and oxygen atoms in total. The highest BCUT2D eigenvalue weighted by Crippen LogP contribution is 2.30. The summed E-state index contributed by atoms with van der Waals surface area (Å²) in [6.45, 7) is -0.232. The van der Waals surface area contributed by atoms with Crippen molar-refractivity contribution in [3.63, 3.8) is 0 Å². The van der Waals surface area contributed by atoms with Gasteiger partial charge in [-0.05, 0) is 48.4 Å². The van der Waals surface area contributed by atoms with E-state index in [0.29, 0.717) is 33.7 Å². The van der Waals surface area contributed by atoms with Gasteiger partial charge in [-0.15, -0.1) is 0 Å². The highest BCUT2D eigenvalue weighted by molar-refractivity contribution is 6.31. The van der Waals surface area contributed by atoms with E-state index in [-0.39, 0.29) is 6.61 Å².